The Kier molecular flexibility index (Phi) is 5.10. The van der Waals surface area contributed by atoms with Crippen LogP contribution in [0.4, 0.5) is 18.9 Å². The second-order valence-electron chi connectivity index (χ2n) is 4.45. The summed E-state index contributed by atoms with van der Waals surface area (Å²) in [5, 5.41) is 12.7. The normalized spacial score (nSPS) is 12.6. The van der Waals surface area contributed by atoms with Crippen LogP contribution in [0.2, 0.25) is 5.02 Å². The van der Waals surface area contributed by atoms with Crippen molar-refractivity contribution in [3.63, 3.8) is 0 Å². The van der Waals surface area contributed by atoms with Crippen LogP contribution in [0.5, 0.6) is 0 Å². The van der Waals surface area contributed by atoms with E-state index in [2.05, 4.69) is 5.32 Å². The first-order valence-electron chi connectivity index (χ1n) is 6.05. The maximum atomic E-state index is 12.9. The van der Waals surface area contributed by atoms with Gasteiger partial charge in [0.25, 0.3) is 0 Å². The van der Waals surface area contributed by atoms with Crippen molar-refractivity contribution < 1.29 is 18.3 Å². The lowest BCUT2D eigenvalue weighted by molar-refractivity contribution is -0.137. The highest BCUT2D eigenvalue weighted by atomic mass is 35.5. The second kappa shape index (κ2) is 6.01. The SMILES string of the molecule is CCC(O)(CC)CNc1c(Cl)cccc1C(F)(F)F. The third-order valence-corrected chi connectivity index (χ3v) is 3.54. The molecule has 1 aromatic carbocycles. The predicted octanol–water partition coefficient (Wildman–Crippen LogP) is 4.32. The molecule has 1 rings (SSSR count). The van der Waals surface area contributed by atoms with E-state index in [-0.39, 0.29) is 17.3 Å². The van der Waals surface area contributed by atoms with Gasteiger partial charge in [-0.05, 0) is 25.0 Å². The predicted molar refractivity (Wildman–Crippen MR) is 70.5 cm³/mol. The number of nitrogens with one attached hydrogen (secondary N) is 1. The van der Waals surface area contributed by atoms with Gasteiger partial charge in [0.05, 0.1) is 21.9 Å². The van der Waals surface area contributed by atoms with Crippen molar-refractivity contribution in [2.45, 2.75) is 38.5 Å². The Morgan fingerprint density at radius 1 is 1.21 bits per heavy atom. The van der Waals surface area contributed by atoms with Gasteiger partial charge in [-0.25, -0.2) is 0 Å². The zero-order valence-corrected chi connectivity index (χ0v) is 11.6. The van der Waals surface area contributed by atoms with Crippen molar-refractivity contribution in [2.24, 2.45) is 0 Å². The summed E-state index contributed by atoms with van der Waals surface area (Å²) in [5.74, 6) is 0. The van der Waals surface area contributed by atoms with Gasteiger partial charge in [-0.1, -0.05) is 31.5 Å². The molecule has 0 radical (unpaired) electrons. The molecule has 6 heteroatoms. The summed E-state index contributed by atoms with van der Waals surface area (Å²) in [4.78, 5) is 0. The first-order chi connectivity index (χ1) is 8.73. The number of para-hydroxylation sites is 1. The average molecular weight is 296 g/mol. The Morgan fingerprint density at radius 3 is 2.26 bits per heavy atom. The molecule has 19 heavy (non-hydrogen) atoms. The second-order valence-corrected chi connectivity index (χ2v) is 4.85. The summed E-state index contributed by atoms with van der Waals surface area (Å²) in [7, 11) is 0. The molecule has 0 amide bonds. The number of benzene rings is 1. The number of alkyl halides is 3. The molecule has 0 saturated heterocycles. The van der Waals surface area contributed by atoms with Crippen molar-refractivity contribution in [2.75, 3.05) is 11.9 Å². The van der Waals surface area contributed by atoms with Crippen molar-refractivity contribution >= 4 is 17.3 Å². The van der Waals surface area contributed by atoms with E-state index in [9.17, 15) is 18.3 Å². The van der Waals surface area contributed by atoms with Crippen LogP contribution in [0.3, 0.4) is 0 Å². The van der Waals surface area contributed by atoms with Crippen LogP contribution in [0.1, 0.15) is 32.3 Å². The van der Waals surface area contributed by atoms with Crippen LogP contribution < -0.4 is 5.32 Å². The van der Waals surface area contributed by atoms with Crippen molar-refractivity contribution in [3.05, 3.63) is 28.8 Å². The maximum Gasteiger partial charge on any atom is 0.418 e. The van der Waals surface area contributed by atoms with Crippen molar-refractivity contribution in [3.8, 4) is 0 Å². The van der Waals surface area contributed by atoms with E-state index < -0.39 is 17.3 Å². The van der Waals surface area contributed by atoms with Gasteiger partial charge in [0.15, 0.2) is 0 Å². The zero-order chi connectivity index (χ0) is 14.7. The third-order valence-electron chi connectivity index (χ3n) is 3.23. The Hall–Kier alpha value is -0.940. The summed E-state index contributed by atoms with van der Waals surface area (Å²) < 4.78 is 38.6. The first kappa shape index (κ1) is 16.1. The van der Waals surface area contributed by atoms with Gasteiger partial charge in [-0.2, -0.15) is 13.2 Å². The molecule has 2 N–H and O–H groups in total. The number of hydrogen-bond donors (Lipinski definition) is 2. The van der Waals surface area contributed by atoms with E-state index in [1.54, 1.807) is 13.8 Å². The lowest BCUT2D eigenvalue weighted by atomic mass is 9.97. The number of halogens is 4. The molecule has 0 unspecified atom stereocenters. The van der Waals surface area contributed by atoms with Gasteiger partial charge in [-0.15, -0.1) is 0 Å². The fourth-order valence-electron chi connectivity index (χ4n) is 1.69. The zero-order valence-electron chi connectivity index (χ0n) is 10.8. The van der Waals surface area contributed by atoms with Crippen LogP contribution in [0, 0.1) is 0 Å². The fraction of sp³-hybridized carbons (Fsp3) is 0.538. The maximum absolute atomic E-state index is 12.9. The minimum absolute atomic E-state index is 0.00983. The summed E-state index contributed by atoms with van der Waals surface area (Å²) in [6.07, 6.45) is -3.59. The van der Waals surface area contributed by atoms with Gasteiger partial charge in [0.1, 0.15) is 0 Å². The van der Waals surface area contributed by atoms with Crippen LogP contribution >= 0.6 is 11.6 Å². The highest BCUT2D eigenvalue weighted by Gasteiger charge is 2.35. The smallest absolute Gasteiger partial charge is 0.388 e. The molecule has 108 valence electrons. The van der Waals surface area contributed by atoms with Gasteiger partial charge >= 0.3 is 6.18 Å². The van der Waals surface area contributed by atoms with Gasteiger partial charge in [-0.3, -0.25) is 0 Å². The number of anilines is 1. The Labute approximate surface area is 115 Å². The highest BCUT2D eigenvalue weighted by Crippen LogP contribution is 2.38. The largest absolute Gasteiger partial charge is 0.418 e. The lowest BCUT2D eigenvalue weighted by Crippen LogP contribution is -2.35. The minimum Gasteiger partial charge on any atom is -0.388 e. The quantitative estimate of drug-likeness (QED) is 0.848. The molecule has 0 aliphatic rings. The fourth-order valence-corrected chi connectivity index (χ4v) is 1.93. The molecular weight excluding hydrogens is 279 g/mol. The van der Waals surface area contributed by atoms with Gasteiger partial charge in [0.2, 0.25) is 0 Å². The van der Waals surface area contributed by atoms with Crippen LogP contribution in [-0.2, 0) is 6.18 Å². The molecule has 0 atom stereocenters. The van der Waals surface area contributed by atoms with E-state index in [0.29, 0.717) is 12.8 Å². The highest BCUT2D eigenvalue weighted by molar-refractivity contribution is 6.33. The van der Waals surface area contributed by atoms with Gasteiger partial charge in [0, 0.05) is 6.54 Å². The van der Waals surface area contributed by atoms with Crippen LogP contribution in [-0.4, -0.2) is 17.3 Å². The summed E-state index contributed by atoms with van der Waals surface area (Å²) in [6.45, 7) is 3.58. The van der Waals surface area contributed by atoms with Crippen LogP contribution in [0.25, 0.3) is 0 Å². The lowest BCUT2D eigenvalue weighted by Gasteiger charge is -2.27. The van der Waals surface area contributed by atoms with E-state index in [1.165, 1.54) is 12.1 Å². The Balaban J connectivity index is 3.01. The standard InChI is InChI=1S/C13H17ClF3NO/c1-3-12(19,4-2)8-18-11-9(13(15,16)17)6-5-7-10(11)14/h5-7,18-19H,3-4,8H2,1-2H3. The monoisotopic (exact) mass is 295 g/mol. The molecule has 0 fully saturated rings. The molecule has 1 aromatic rings. The average Bonchev–Trinajstić information content (AvgIpc) is 2.35. The first-order valence-corrected chi connectivity index (χ1v) is 6.43. The third kappa shape index (κ3) is 4.01. The molecule has 0 aromatic heterocycles. The van der Waals surface area contributed by atoms with Crippen molar-refractivity contribution in [1.29, 1.82) is 0 Å². The molecule has 0 saturated carbocycles. The van der Waals surface area contributed by atoms with E-state index in [0.717, 1.165) is 6.07 Å². The number of hydrogen-bond acceptors (Lipinski definition) is 2. The molecule has 0 heterocycles. The molecule has 0 aliphatic heterocycles. The van der Waals surface area contributed by atoms with Gasteiger partial charge < -0.3 is 10.4 Å². The number of rotatable bonds is 5. The molecule has 0 aliphatic carbocycles. The van der Waals surface area contributed by atoms with E-state index in [1.807, 2.05) is 0 Å². The summed E-state index contributed by atoms with van der Waals surface area (Å²) in [5.41, 5.74) is -2.05. The Bertz CT molecular complexity index is 430. The van der Waals surface area contributed by atoms with Crippen LogP contribution in [0.15, 0.2) is 18.2 Å². The van der Waals surface area contributed by atoms with E-state index in [4.69, 9.17) is 11.6 Å². The Morgan fingerprint density at radius 2 is 1.79 bits per heavy atom. The molecule has 0 spiro atoms. The molecule has 2 nitrogen and oxygen atoms in total. The van der Waals surface area contributed by atoms with Crippen molar-refractivity contribution in [1.82, 2.24) is 0 Å². The number of aliphatic hydroxyl groups is 1. The summed E-state index contributed by atoms with van der Waals surface area (Å²) in [6, 6.07) is 3.60. The molecule has 0 bridgehead atoms. The topological polar surface area (TPSA) is 32.3 Å². The molecular formula is C13H17ClF3NO. The summed E-state index contributed by atoms with van der Waals surface area (Å²) >= 11 is 5.81. The minimum atomic E-state index is -4.48. The van der Waals surface area contributed by atoms with E-state index >= 15 is 0 Å².